The van der Waals surface area contributed by atoms with E-state index in [4.69, 9.17) is 4.74 Å². The van der Waals surface area contributed by atoms with Crippen molar-refractivity contribution in [2.75, 3.05) is 26.7 Å². The summed E-state index contributed by atoms with van der Waals surface area (Å²) in [6.07, 6.45) is 4.02. The monoisotopic (exact) mass is 408 g/mol. The molecule has 5 heteroatoms. The summed E-state index contributed by atoms with van der Waals surface area (Å²) in [5.74, 6) is 0.756. The number of carbonyl (C=O) groups is 2. The van der Waals surface area contributed by atoms with Crippen LogP contribution in [-0.2, 0) is 4.79 Å². The Hall–Kier alpha value is -2.66. The molecule has 1 unspecified atom stereocenters. The van der Waals surface area contributed by atoms with Crippen LogP contribution in [-0.4, -0.2) is 43.3 Å². The van der Waals surface area contributed by atoms with Gasteiger partial charge in [-0.05, 0) is 38.9 Å². The van der Waals surface area contributed by atoms with Gasteiger partial charge >= 0.3 is 0 Å². The van der Waals surface area contributed by atoms with Gasteiger partial charge in [0, 0.05) is 30.5 Å². The number of nitrogens with zero attached hydrogens (tertiary/aromatic N) is 1. The Morgan fingerprint density at radius 2 is 1.70 bits per heavy atom. The second-order valence-corrected chi connectivity index (χ2v) is 7.95. The Morgan fingerprint density at radius 1 is 1.00 bits per heavy atom. The summed E-state index contributed by atoms with van der Waals surface area (Å²) in [7, 11) is 1.68. The number of ketones is 1. The predicted molar refractivity (Wildman–Crippen MR) is 119 cm³/mol. The van der Waals surface area contributed by atoms with E-state index in [9.17, 15) is 9.59 Å². The highest BCUT2D eigenvalue weighted by Gasteiger charge is 2.25. The SMILES string of the molecule is COc1ccccc1C(CNC(=O)CCC(=O)c1ccc(C)cc1)N1CCCCC1. The minimum Gasteiger partial charge on any atom is -0.496 e. The second-order valence-electron chi connectivity index (χ2n) is 7.95. The van der Waals surface area contributed by atoms with Gasteiger partial charge in [0.2, 0.25) is 5.91 Å². The summed E-state index contributed by atoms with van der Waals surface area (Å²) >= 11 is 0. The number of rotatable bonds is 9. The van der Waals surface area contributed by atoms with E-state index in [1.54, 1.807) is 7.11 Å². The molecular weight excluding hydrogens is 376 g/mol. The van der Waals surface area contributed by atoms with Crippen LogP contribution >= 0.6 is 0 Å². The van der Waals surface area contributed by atoms with E-state index in [1.165, 1.54) is 19.3 Å². The van der Waals surface area contributed by atoms with Crippen molar-refractivity contribution in [3.05, 3.63) is 65.2 Å². The third-order valence-corrected chi connectivity index (χ3v) is 5.77. The normalized spacial score (nSPS) is 15.4. The molecule has 0 bridgehead atoms. The van der Waals surface area contributed by atoms with Gasteiger partial charge in [0.15, 0.2) is 5.78 Å². The van der Waals surface area contributed by atoms with E-state index >= 15 is 0 Å². The molecule has 1 aliphatic heterocycles. The molecule has 0 aromatic heterocycles. The van der Waals surface area contributed by atoms with Crippen LogP contribution in [0.5, 0.6) is 5.75 Å². The van der Waals surface area contributed by atoms with Crippen LogP contribution in [0.1, 0.15) is 59.6 Å². The molecule has 0 aliphatic carbocycles. The largest absolute Gasteiger partial charge is 0.496 e. The Kier molecular flexibility index (Phi) is 8.03. The zero-order valence-corrected chi connectivity index (χ0v) is 18.0. The third kappa shape index (κ3) is 5.92. The lowest BCUT2D eigenvalue weighted by atomic mass is 10.0. The van der Waals surface area contributed by atoms with E-state index in [1.807, 2.05) is 49.4 Å². The summed E-state index contributed by atoms with van der Waals surface area (Å²) < 4.78 is 5.58. The molecule has 1 amide bonds. The van der Waals surface area contributed by atoms with Crippen molar-refractivity contribution in [3.63, 3.8) is 0 Å². The summed E-state index contributed by atoms with van der Waals surface area (Å²) in [6, 6.07) is 15.6. The number of piperidine rings is 1. The predicted octanol–water partition coefficient (Wildman–Crippen LogP) is 4.31. The molecule has 1 saturated heterocycles. The molecule has 1 fully saturated rings. The van der Waals surface area contributed by atoms with Crippen molar-refractivity contribution in [1.29, 1.82) is 0 Å². The zero-order chi connectivity index (χ0) is 21.3. The standard InChI is InChI=1S/C25H32N2O3/c1-19-10-12-20(13-11-19)23(28)14-15-25(29)26-18-22(27-16-6-3-7-17-27)21-8-4-5-9-24(21)30-2/h4-5,8-13,22H,3,6-7,14-18H2,1-2H3,(H,26,29). The zero-order valence-electron chi connectivity index (χ0n) is 18.0. The van der Waals surface area contributed by atoms with Crippen LogP contribution in [0.2, 0.25) is 0 Å². The van der Waals surface area contributed by atoms with E-state index < -0.39 is 0 Å². The molecule has 0 spiro atoms. The van der Waals surface area contributed by atoms with Crippen LogP contribution in [0.3, 0.4) is 0 Å². The Balaban J connectivity index is 1.59. The molecule has 2 aromatic carbocycles. The molecule has 2 aromatic rings. The Morgan fingerprint density at radius 3 is 2.40 bits per heavy atom. The first-order valence-corrected chi connectivity index (χ1v) is 10.8. The van der Waals surface area contributed by atoms with Gasteiger partial charge in [-0.2, -0.15) is 0 Å². The summed E-state index contributed by atoms with van der Waals surface area (Å²) in [5.41, 5.74) is 2.87. The topological polar surface area (TPSA) is 58.6 Å². The first kappa shape index (κ1) is 22.0. The molecule has 1 N–H and O–H groups in total. The molecule has 1 aliphatic rings. The number of likely N-dealkylation sites (tertiary alicyclic amines) is 1. The smallest absolute Gasteiger partial charge is 0.220 e. The van der Waals surface area contributed by atoms with Crippen LogP contribution in [0.25, 0.3) is 0 Å². The van der Waals surface area contributed by atoms with Crippen molar-refractivity contribution in [3.8, 4) is 5.75 Å². The number of hydrogen-bond donors (Lipinski definition) is 1. The molecule has 160 valence electrons. The van der Waals surface area contributed by atoms with Gasteiger partial charge in [-0.15, -0.1) is 0 Å². The van der Waals surface area contributed by atoms with E-state index in [-0.39, 0.29) is 30.6 Å². The van der Waals surface area contributed by atoms with Crippen molar-refractivity contribution in [1.82, 2.24) is 10.2 Å². The molecular formula is C25H32N2O3. The van der Waals surface area contributed by atoms with Gasteiger partial charge in [0.05, 0.1) is 13.2 Å². The maximum Gasteiger partial charge on any atom is 0.220 e. The van der Waals surface area contributed by atoms with Crippen LogP contribution < -0.4 is 10.1 Å². The molecule has 5 nitrogen and oxygen atoms in total. The Labute approximate surface area is 179 Å². The lowest BCUT2D eigenvalue weighted by Crippen LogP contribution is -2.40. The number of methoxy groups -OCH3 is 1. The number of nitrogens with one attached hydrogen (secondary N) is 1. The van der Waals surface area contributed by atoms with Crippen LogP contribution in [0, 0.1) is 6.92 Å². The Bertz CT molecular complexity index is 842. The number of para-hydroxylation sites is 1. The van der Waals surface area contributed by atoms with Crippen molar-refractivity contribution in [2.24, 2.45) is 0 Å². The van der Waals surface area contributed by atoms with Gasteiger partial charge in [0.25, 0.3) is 0 Å². The van der Waals surface area contributed by atoms with Gasteiger partial charge < -0.3 is 10.1 Å². The number of amides is 1. The van der Waals surface area contributed by atoms with Gasteiger partial charge in [-0.25, -0.2) is 0 Å². The average molecular weight is 409 g/mol. The highest BCUT2D eigenvalue weighted by atomic mass is 16.5. The fourth-order valence-electron chi connectivity index (χ4n) is 4.02. The average Bonchev–Trinajstić information content (AvgIpc) is 2.79. The number of ether oxygens (including phenoxy) is 1. The van der Waals surface area contributed by atoms with Crippen LogP contribution in [0.4, 0.5) is 0 Å². The maximum absolute atomic E-state index is 12.5. The highest BCUT2D eigenvalue weighted by Crippen LogP contribution is 2.30. The lowest BCUT2D eigenvalue weighted by molar-refractivity contribution is -0.121. The number of benzene rings is 2. The fourth-order valence-corrected chi connectivity index (χ4v) is 4.02. The summed E-state index contributed by atoms with van der Waals surface area (Å²) in [5, 5.41) is 3.06. The molecule has 1 heterocycles. The van der Waals surface area contributed by atoms with Crippen molar-refractivity contribution < 1.29 is 14.3 Å². The number of carbonyl (C=O) groups excluding carboxylic acids is 2. The number of Topliss-reactive ketones (excluding diaryl/α,β-unsaturated/α-hetero) is 1. The third-order valence-electron chi connectivity index (χ3n) is 5.77. The molecule has 3 rings (SSSR count). The lowest BCUT2D eigenvalue weighted by Gasteiger charge is -2.35. The van der Waals surface area contributed by atoms with E-state index in [0.717, 1.165) is 30.0 Å². The van der Waals surface area contributed by atoms with Gasteiger partial charge in [-0.1, -0.05) is 54.4 Å². The van der Waals surface area contributed by atoms with Gasteiger partial charge in [0.1, 0.15) is 5.75 Å². The highest BCUT2D eigenvalue weighted by molar-refractivity contribution is 5.97. The summed E-state index contributed by atoms with van der Waals surface area (Å²) in [4.78, 5) is 27.3. The molecule has 30 heavy (non-hydrogen) atoms. The quantitative estimate of drug-likeness (QED) is 0.628. The number of aryl methyl sites for hydroxylation is 1. The molecule has 0 radical (unpaired) electrons. The first-order chi connectivity index (χ1) is 14.6. The molecule has 0 saturated carbocycles. The minimum absolute atomic E-state index is 0.00228. The fraction of sp³-hybridized carbons (Fsp3) is 0.440. The number of hydrogen-bond acceptors (Lipinski definition) is 4. The maximum atomic E-state index is 12.5. The van der Waals surface area contributed by atoms with Gasteiger partial charge in [-0.3, -0.25) is 14.5 Å². The van der Waals surface area contributed by atoms with Crippen LogP contribution in [0.15, 0.2) is 48.5 Å². The van der Waals surface area contributed by atoms with Crippen molar-refractivity contribution >= 4 is 11.7 Å². The summed E-state index contributed by atoms with van der Waals surface area (Å²) in [6.45, 7) is 4.54. The second kappa shape index (κ2) is 10.9. The first-order valence-electron chi connectivity index (χ1n) is 10.8. The van der Waals surface area contributed by atoms with E-state index in [2.05, 4.69) is 16.3 Å². The van der Waals surface area contributed by atoms with E-state index in [0.29, 0.717) is 12.1 Å². The molecule has 1 atom stereocenters. The minimum atomic E-state index is -0.0904. The van der Waals surface area contributed by atoms with Crippen molar-refractivity contribution in [2.45, 2.75) is 45.1 Å².